The van der Waals surface area contributed by atoms with Crippen LogP contribution >= 0.6 is 11.6 Å². The molecular formula is C26H23ClN2O3. The van der Waals surface area contributed by atoms with Gasteiger partial charge in [0.25, 0.3) is 5.24 Å². The molecule has 3 aromatic carbocycles. The van der Waals surface area contributed by atoms with Gasteiger partial charge in [0.2, 0.25) is 0 Å². The molecule has 0 N–H and O–H groups in total. The van der Waals surface area contributed by atoms with Gasteiger partial charge >= 0.3 is 6.09 Å². The SMILES string of the molecule is O=C(Cl)c1ccc(N2CCN(C(=O)OCC3c4ccccc4-c4ccccc43)CC2)cc1. The molecule has 1 fully saturated rings. The topological polar surface area (TPSA) is 49.9 Å². The maximum atomic E-state index is 12.8. The molecule has 0 bridgehead atoms. The molecule has 1 heterocycles. The van der Waals surface area contributed by atoms with Gasteiger partial charge in [0.1, 0.15) is 6.61 Å². The Kier molecular flexibility index (Phi) is 5.58. The summed E-state index contributed by atoms with van der Waals surface area (Å²) in [5.41, 5.74) is 6.36. The van der Waals surface area contributed by atoms with Gasteiger partial charge in [0.15, 0.2) is 0 Å². The third-order valence-corrected chi connectivity index (χ3v) is 6.55. The molecule has 6 heteroatoms. The number of amides is 1. The Bertz CT molecular complexity index is 1110. The normalized spacial score (nSPS) is 15.3. The molecule has 0 unspecified atom stereocenters. The van der Waals surface area contributed by atoms with Crippen LogP contribution in [-0.2, 0) is 4.74 Å². The molecule has 1 aliphatic heterocycles. The molecule has 0 saturated carbocycles. The number of hydrogen-bond donors (Lipinski definition) is 0. The van der Waals surface area contributed by atoms with E-state index in [9.17, 15) is 9.59 Å². The fourth-order valence-corrected chi connectivity index (χ4v) is 4.76. The molecule has 1 saturated heterocycles. The molecular weight excluding hydrogens is 424 g/mol. The standard InChI is InChI=1S/C26H23ClN2O3/c27-25(30)18-9-11-19(12-10-18)28-13-15-29(16-14-28)26(31)32-17-24-22-7-3-1-5-20(22)21-6-2-4-8-23(21)24/h1-12,24H,13-17H2. The maximum Gasteiger partial charge on any atom is 0.409 e. The minimum absolute atomic E-state index is 0.0656. The summed E-state index contributed by atoms with van der Waals surface area (Å²) in [6.45, 7) is 2.93. The van der Waals surface area contributed by atoms with E-state index in [0.29, 0.717) is 38.3 Å². The van der Waals surface area contributed by atoms with Gasteiger partial charge in [0.05, 0.1) is 0 Å². The van der Waals surface area contributed by atoms with Crippen LogP contribution in [0.3, 0.4) is 0 Å². The molecule has 0 atom stereocenters. The molecule has 32 heavy (non-hydrogen) atoms. The van der Waals surface area contributed by atoms with Gasteiger partial charge in [-0.2, -0.15) is 0 Å². The van der Waals surface area contributed by atoms with E-state index in [1.165, 1.54) is 22.3 Å². The minimum atomic E-state index is -0.461. The smallest absolute Gasteiger partial charge is 0.409 e. The molecule has 162 valence electrons. The molecule has 5 nitrogen and oxygen atoms in total. The third-order valence-electron chi connectivity index (χ3n) is 6.33. The van der Waals surface area contributed by atoms with Crippen LogP contribution < -0.4 is 4.90 Å². The fourth-order valence-electron chi connectivity index (χ4n) is 4.64. The van der Waals surface area contributed by atoms with Crippen LogP contribution in [0.2, 0.25) is 0 Å². The number of fused-ring (bicyclic) bond motifs is 3. The van der Waals surface area contributed by atoms with Crippen molar-refractivity contribution in [1.29, 1.82) is 0 Å². The number of nitrogens with zero attached hydrogens (tertiary/aromatic N) is 2. The largest absolute Gasteiger partial charge is 0.448 e. The highest BCUT2D eigenvalue weighted by Gasteiger charge is 2.30. The summed E-state index contributed by atoms with van der Waals surface area (Å²) in [5, 5.41) is -0.461. The molecule has 0 spiro atoms. The zero-order valence-corrected chi connectivity index (χ0v) is 18.3. The van der Waals surface area contributed by atoms with Gasteiger partial charge in [-0.05, 0) is 58.1 Å². The number of benzene rings is 3. The fraction of sp³-hybridized carbons (Fsp3) is 0.231. The first-order valence-electron chi connectivity index (χ1n) is 10.8. The Labute approximate surface area is 192 Å². The maximum absolute atomic E-state index is 12.8. The first-order chi connectivity index (χ1) is 15.6. The second-order valence-corrected chi connectivity index (χ2v) is 8.44. The van der Waals surface area contributed by atoms with Crippen LogP contribution in [0.25, 0.3) is 11.1 Å². The highest BCUT2D eigenvalue weighted by molar-refractivity contribution is 6.67. The number of halogens is 1. The number of carbonyl (C=O) groups is 2. The number of hydrogen-bond acceptors (Lipinski definition) is 4. The second-order valence-electron chi connectivity index (χ2n) is 8.10. The first kappa shape index (κ1) is 20.6. The van der Waals surface area contributed by atoms with Crippen molar-refractivity contribution >= 4 is 28.6 Å². The van der Waals surface area contributed by atoms with Crippen molar-refractivity contribution in [3.63, 3.8) is 0 Å². The molecule has 5 rings (SSSR count). The van der Waals surface area contributed by atoms with E-state index in [4.69, 9.17) is 16.3 Å². The first-order valence-corrected chi connectivity index (χ1v) is 11.1. The van der Waals surface area contributed by atoms with Crippen LogP contribution in [0.5, 0.6) is 0 Å². The number of carbonyl (C=O) groups excluding carboxylic acids is 2. The second kappa shape index (κ2) is 8.67. The third kappa shape index (κ3) is 3.84. The Morgan fingerprint density at radius 3 is 1.94 bits per heavy atom. The summed E-state index contributed by atoms with van der Waals surface area (Å²) in [5.74, 6) is 0.0656. The minimum Gasteiger partial charge on any atom is -0.448 e. The highest BCUT2D eigenvalue weighted by atomic mass is 35.5. The highest BCUT2D eigenvalue weighted by Crippen LogP contribution is 2.44. The van der Waals surface area contributed by atoms with Gasteiger partial charge < -0.3 is 14.5 Å². The summed E-state index contributed by atoms with van der Waals surface area (Å²) in [4.78, 5) is 28.0. The summed E-state index contributed by atoms with van der Waals surface area (Å²) in [7, 11) is 0. The lowest BCUT2D eigenvalue weighted by Gasteiger charge is -2.35. The number of ether oxygens (including phenoxy) is 1. The van der Waals surface area contributed by atoms with E-state index in [0.717, 1.165) is 5.69 Å². The van der Waals surface area contributed by atoms with Crippen LogP contribution in [0.4, 0.5) is 10.5 Å². The Balaban J connectivity index is 1.20. The average molecular weight is 447 g/mol. The van der Waals surface area contributed by atoms with Crippen molar-refractivity contribution in [2.45, 2.75) is 5.92 Å². The van der Waals surface area contributed by atoms with E-state index in [1.807, 2.05) is 36.4 Å². The number of piperazine rings is 1. The zero-order chi connectivity index (χ0) is 22.1. The van der Waals surface area contributed by atoms with Crippen LogP contribution in [-0.4, -0.2) is 49.0 Å². The molecule has 2 aliphatic rings. The van der Waals surface area contributed by atoms with Crippen molar-refractivity contribution < 1.29 is 14.3 Å². The van der Waals surface area contributed by atoms with Crippen LogP contribution in [0, 0.1) is 0 Å². The lowest BCUT2D eigenvalue weighted by Crippen LogP contribution is -2.49. The lowest BCUT2D eigenvalue weighted by molar-refractivity contribution is 0.0976. The van der Waals surface area contributed by atoms with Gasteiger partial charge in [-0.15, -0.1) is 0 Å². The van der Waals surface area contributed by atoms with Crippen molar-refractivity contribution in [2.24, 2.45) is 0 Å². The van der Waals surface area contributed by atoms with Gasteiger partial charge in [-0.25, -0.2) is 4.79 Å². The summed E-state index contributed by atoms with van der Waals surface area (Å²) < 4.78 is 5.78. The summed E-state index contributed by atoms with van der Waals surface area (Å²) >= 11 is 5.52. The Morgan fingerprint density at radius 1 is 0.812 bits per heavy atom. The van der Waals surface area contributed by atoms with Crippen molar-refractivity contribution in [2.75, 3.05) is 37.7 Å². The Morgan fingerprint density at radius 2 is 1.38 bits per heavy atom. The van der Waals surface area contributed by atoms with Gasteiger partial charge in [0, 0.05) is 43.3 Å². The lowest BCUT2D eigenvalue weighted by atomic mass is 9.98. The Hall–Kier alpha value is -3.31. The summed E-state index contributed by atoms with van der Waals surface area (Å²) in [6.07, 6.45) is -0.269. The molecule has 1 amide bonds. The van der Waals surface area contributed by atoms with E-state index in [2.05, 4.69) is 29.2 Å². The van der Waals surface area contributed by atoms with Crippen LogP contribution in [0.1, 0.15) is 27.4 Å². The van der Waals surface area contributed by atoms with Crippen LogP contribution in [0.15, 0.2) is 72.8 Å². The molecule has 3 aromatic rings. The van der Waals surface area contributed by atoms with E-state index in [1.54, 1.807) is 17.0 Å². The van der Waals surface area contributed by atoms with Crippen molar-refractivity contribution in [3.8, 4) is 11.1 Å². The van der Waals surface area contributed by atoms with E-state index in [-0.39, 0.29) is 12.0 Å². The molecule has 0 radical (unpaired) electrons. The average Bonchev–Trinajstić information content (AvgIpc) is 3.16. The quantitative estimate of drug-likeness (QED) is 0.521. The molecule has 0 aromatic heterocycles. The van der Waals surface area contributed by atoms with Crippen molar-refractivity contribution in [1.82, 2.24) is 4.90 Å². The number of rotatable bonds is 4. The predicted octanol–water partition coefficient (Wildman–Crippen LogP) is 5.14. The predicted molar refractivity (Wildman–Crippen MR) is 125 cm³/mol. The van der Waals surface area contributed by atoms with Crippen molar-refractivity contribution in [3.05, 3.63) is 89.5 Å². The van der Waals surface area contributed by atoms with E-state index >= 15 is 0 Å². The van der Waals surface area contributed by atoms with Gasteiger partial charge in [-0.3, -0.25) is 4.79 Å². The van der Waals surface area contributed by atoms with E-state index < -0.39 is 5.24 Å². The van der Waals surface area contributed by atoms with Gasteiger partial charge in [-0.1, -0.05) is 48.5 Å². The molecule has 1 aliphatic carbocycles. The summed E-state index contributed by atoms with van der Waals surface area (Å²) in [6, 6.07) is 23.9. The zero-order valence-electron chi connectivity index (χ0n) is 17.5. The monoisotopic (exact) mass is 446 g/mol. The number of anilines is 1.